The third-order valence-corrected chi connectivity index (χ3v) is 4.20. The lowest BCUT2D eigenvalue weighted by Crippen LogP contribution is -2.01. The van der Waals surface area contributed by atoms with Crippen molar-refractivity contribution < 1.29 is 5.11 Å². The van der Waals surface area contributed by atoms with Crippen molar-refractivity contribution in [2.75, 3.05) is 0 Å². The molecule has 4 rings (SSSR count). The Hall–Kier alpha value is -2.64. The summed E-state index contributed by atoms with van der Waals surface area (Å²) in [4.78, 5) is 0. The van der Waals surface area contributed by atoms with E-state index in [4.69, 9.17) is 0 Å². The van der Waals surface area contributed by atoms with E-state index in [1.54, 1.807) is 0 Å². The maximum absolute atomic E-state index is 11.0. The smallest absolute Gasteiger partial charge is 0.105 e. The quantitative estimate of drug-likeness (QED) is 0.509. The van der Waals surface area contributed by atoms with Crippen molar-refractivity contribution >= 4 is 21.5 Å². The van der Waals surface area contributed by atoms with Gasteiger partial charge in [0, 0.05) is 5.56 Å². The number of aliphatic hydroxyl groups excluding tert-OH is 1. The molecule has 0 aliphatic carbocycles. The van der Waals surface area contributed by atoms with Crippen LogP contribution in [0.5, 0.6) is 0 Å². The van der Waals surface area contributed by atoms with E-state index in [-0.39, 0.29) is 0 Å². The van der Waals surface area contributed by atoms with Crippen LogP contribution < -0.4 is 0 Å². The van der Waals surface area contributed by atoms with E-state index in [9.17, 15) is 5.11 Å². The van der Waals surface area contributed by atoms with Crippen LogP contribution in [0.2, 0.25) is 0 Å². The molecule has 1 nitrogen and oxygen atoms in total. The summed E-state index contributed by atoms with van der Waals surface area (Å²) in [6.45, 7) is 0. The van der Waals surface area contributed by atoms with Crippen LogP contribution in [0.15, 0.2) is 84.9 Å². The van der Waals surface area contributed by atoms with Crippen molar-refractivity contribution in [3.8, 4) is 0 Å². The first-order valence-electron chi connectivity index (χ1n) is 7.48. The van der Waals surface area contributed by atoms with Crippen molar-refractivity contribution in [1.29, 1.82) is 0 Å². The summed E-state index contributed by atoms with van der Waals surface area (Å²) in [5.74, 6) is 0. The van der Waals surface area contributed by atoms with Gasteiger partial charge in [-0.3, -0.25) is 0 Å². The van der Waals surface area contributed by atoms with Gasteiger partial charge in [0.2, 0.25) is 0 Å². The predicted molar refractivity (Wildman–Crippen MR) is 92.0 cm³/mol. The molecule has 4 aromatic carbocycles. The Morgan fingerprint density at radius 2 is 1.09 bits per heavy atom. The van der Waals surface area contributed by atoms with Gasteiger partial charge >= 0.3 is 0 Å². The highest BCUT2D eigenvalue weighted by Gasteiger charge is 2.16. The third kappa shape index (κ3) is 2.07. The molecular formula is C21H16O. The van der Waals surface area contributed by atoms with E-state index in [2.05, 4.69) is 30.3 Å². The van der Waals surface area contributed by atoms with Gasteiger partial charge in [-0.2, -0.15) is 0 Å². The fourth-order valence-corrected chi connectivity index (χ4v) is 3.15. The summed E-state index contributed by atoms with van der Waals surface area (Å²) in [6, 6.07) is 28.5. The van der Waals surface area contributed by atoms with Gasteiger partial charge < -0.3 is 5.11 Å². The highest BCUT2D eigenvalue weighted by molar-refractivity contribution is 6.02. The first-order valence-corrected chi connectivity index (χ1v) is 7.48. The second kappa shape index (κ2) is 5.28. The van der Waals surface area contributed by atoms with E-state index >= 15 is 0 Å². The average molecular weight is 284 g/mol. The Labute approximate surface area is 129 Å². The zero-order chi connectivity index (χ0) is 14.9. The summed E-state index contributed by atoms with van der Waals surface area (Å²) in [5.41, 5.74) is 1.91. The fraction of sp³-hybridized carbons (Fsp3) is 0.0476. The zero-order valence-electron chi connectivity index (χ0n) is 12.1. The monoisotopic (exact) mass is 284 g/mol. The molecule has 0 fully saturated rings. The van der Waals surface area contributed by atoms with Crippen molar-refractivity contribution in [2.24, 2.45) is 0 Å². The van der Waals surface area contributed by atoms with Crippen LogP contribution in [0.4, 0.5) is 0 Å². The van der Waals surface area contributed by atoms with Crippen molar-refractivity contribution in [2.45, 2.75) is 6.10 Å². The topological polar surface area (TPSA) is 20.2 Å². The lowest BCUT2D eigenvalue weighted by Gasteiger charge is -2.17. The second-order valence-electron chi connectivity index (χ2n) is 5.55. The molecule has 0 saturated heterocycles. The lowest BCUT2D eigenvalue weighted by molar-refractivity contribution is 0.223. The van der Waals surface area contributed by atoms with E-state index < -0.39 is 6.10 Å². The lowest BCUT2D eigenvalue weighted by atomic mass is 9.90. The van der Waals surface area contributed by atoms with Gasteiger partial charge in [-0.15, -0.1) is 0 Å². The van der Waals surface area contributed by atoms with Gasteiger partial charge in [0.05, 0.1) is 0 Å². The Kier molecular flexibility index (Phi) is 3.14. The molecule has 0 aliphatic rings. The highest BCUT2D eigenvalue weighted by atomic mass is 16.3. The van der Waals surface area contributed by atoms with Gasteiger partial charge in [-0.05, 0) is 33.2 Å². The molecule has 1 heteroatoms. The molecule has 0 amide bonds. The Morgan fingerprint density at radius 3 is 1.68 bits per heavy atom. The second-order valence-corrected chi connectivity index (χ2v) is 5.55. The number of hydrogen-bond acceptors (Lipinski definition) is 1. The molecule has 0 unspecified atom stereocenters. The SMILES string of the molecule is O[C@H](c1ccccc1)c1c2ccccc2cc2ccccc12. The molecule has 0 heterocycles. The van der Waals surface area contributed by atoms with Gasteiger partial charge in [0.25, 0.3) is 0 Å². The maximum atomic E-state index is 11.0. The first-order chi connectivity index (χ1) is 10.8. The zero-order valence-corrected chi connectivity index (χ0v) is 12.1. The van der Waals surface area contributed by atoms with Crippen LogP contribution in [0.3, 0.4) is 0 Å². The van der Waals surface area contributed by atoms with Crippen LogP contribution in [-0.4, -0.2) is 5.11 Å². The van der Waals surface area contributed by atoms with Crippen molar-refractivity contribution in [3.05, 3.63) is 96.1 Å². The van der Waals surface area contributed by atoms with Gasteiger partial charge in [-0.1, -0.05) is 78.9 Å². The minimum Gasteiger partial charge on any atom is -0.384 e. The minimum absolute atomic E-state index is 0.628. The predicted octanol–water partition coefficient (Wildman–Crippen LogP) is 5.07. The van der Waals surface area contributed by atoms with Crippen molar-refractivity contribution in [3.63, 3.8) is 0 Å². The van der Waals surface area contributed by atoms with Crippen molar-refractivity contribution in [1.82, 2.24) is 0 Å². The van der Waals surface area contributed by atoms with E-state index in [1.165, 1.54) is 0 Å². The normalized spacial score (nSPS) is 12.6. The van der Waals surface area contributed by atoms with Crippen LogP contribution >= 0.6 is 0 Å². The van der Waals surface area contributed by atoms with E-state index in [0.29, 0.717) is 0 Å². The van der Waals surface area contributed by atoms with E-state index in [0.717, 1.165) is 32.7 Å². The molecule has 1 N–H and O–H groups in total. The number of fused-ring (bicyclic) bond motifs is 2. The number of hydrogen-bond donors (Lipinski definition) is 1. The summed E-state index contributed by atoms with van der Waals surface area (Å²) in [7, 11) is 0. The van der Waals surface area contributed by atoms with Gasteiger partial charge in [0.1, 0.15) is 6.10 Å². The highest BCUT2D eigenvalue weighted by Crippen LogP contribution is 2.35. The summed E-state index contributed by atoms with van der Waals surface area (Å²) in [5, 5.41) is 15.5. The molecule has 0 aromatic heterocycles. The summed E-state index contributed by atoms with van der Waals surface area (Å²) < 4.78 is 0. The molecule has 106 valence electrons. The standard InChI is InChI=1S/C21H16O/c22-21(15-8-2-1-3-9-15)20-18-12-6-4-10-16(18)14-17-11-5-7-13-19(17)20/h1-14,21-22H/t21-/m1/s1. The molecule has 1 atom stereocenters. The molecular weight excluding hydrogens is 268 g/mol. The first kappa shape index (κ1) is 13.1. The van der Waals surface area contributed by atoms with Crippen LogP contribution in [-0.2, 0) is 0 Å². The maximum Gasteiger partial charge on any atom is 0.105 e. The largest absolute Gasteiger partial charge is 0.384 e. The average Bonchev–Trinajstić information content (AvgIpc) is 2.60. The molecule has 0 spiro atoms. The molecule has 0 aliphatic heterocycles. The number of aliphatic hydroxyl groups is 1. The molecule has 0 radical (unpaired) electrons. The number of benzene rings is 4. The third-order valence-electron chi connectivity index (χ3n) is 4.20. The molecule has 4 aromatic rings. The molecule has 22 heavy (non-hydrogen) atoms. The minimum atomic E-state index is -0.628. The Bertz CT molecular complexity index is 887. The summed E-state index contributed by atoms with van der Waals surface area (Å²) in [6.07, 6.45) is -0.628. The van der Waals surface area contributed by atoms with E-state index in [1.807, 2.05) is 54.6 Å². The van der Waals surface area contributed by atoms with Crippen LogP contribution in [0.25, 0.3) is 21.5 Å². The number of rotatable bonds is 2. The Balaban J connectivity index is 2.08. The fourth-order valence-electron chi connectivity index (χ4n) is 3.15. The molecule has 0 saturated carbocycles. The molecule has 0 bridgehead atoms. The Morgan fingerprint density at radius 1 is 0.591 bits per heavy atom. The van der Waals surface area contributed by atoms with Gasteiger partial charge in [0.15, 0.2) is 0 Å². The summed E-state index contributed by atoms with van der Waals surface area (Å²) >= 11 is 0. The van der Waals surface area contributed by atoms with Gasteiger partial charge in [-0.25, -0.2) is 0 Å². The van der Waals surface area contributed by atoms with Crippen LogP contribution in [0, 0.1) is 0 Å². The van der Waals surface area contributed by atoms with Crippen LogP contribution in [0.1, 0.15) is 17.2 Å².